The number of thiazole rings is 1. The first kappa shape index (κ1) is 21.6. The second-order valence-corrected chi connectivity index (χ2v) is 8.08. The fraction of sp³-hybridized carbons (Fsp3) is 0.304. The minimum atomic E-state index is -0.544. The predicted octanol–water partition coefficient (Wildman–Crippen LogP) is 4.89. The molecule has 0 fully saturated rings. The lowest BCUT2D eigenvalue weighted by Crippen LogP contribution is -2.28. The van der Waals surface area contributed by atoms with Gasteiger partial charge < -0.3 is 20.9 Å². The molecule has 158 valence electrons. The number of nitrogens with zero attached hydrogens (tertiary/aromatic N) is 1. The fourth-order valence-corrected chi connectivity index (χ4v) is 3.80. The van der Waals surface area contributed by atoms with Crippen molar-refractivity contribution in [2.45, 2.75) is 39.0 Å². The molecule has 1 aromatic heterocycles. The lowest BCUT2D eigenvalue weighted by molar-refractivity contribution is 0.200. The fourth-order valence-electron chi connectivity index (χ4n) is 3.19. The van der Waals surface area contributed by atoms with Gasteiger partial charge in [0.05, 0.1) is 11.2 Å². The number of carbonyl (C=O) groups is 1. The number of phenolic OH excluding ortho intramolecular Hbond substituents is 1. The molecule has 3 rings (SSSR count). The Morgan fingerprint density at radius 3 is 2.73 bits per heavy atom. The van der Waals surface area contributed by atoms with E-state index in [0.29, 0.717) is 30.5 Å². The molecule has 2 aromatic carbocycles. The number of anilines is 1. The van der Waals surface area contributed by atoms with Gasteiger partial charge in [0.1, 0.15) is 5.75 Å². The van der Waals surface area contributed by atoms with E-state index in [-0.39, 0.29) is 17.2 Å². The minimum absolute atomic E-state index is 0.125. The molecule has 4 N–H and O–H groups in total. The molecule has 0 atom stereocenters. The van der Waals surface area contributed by atoms with Gasteiger partial charge in [0, 0.05) is 41.6 Å². The van der Waals surface area contributed by atoms with Crippen LogP contribution in [0.25, 0.3) is 0 Å². The Bertz CT molecular complexity index is 960. The van der Waals surface area contributed by atoms with Gasteiger partial charge in [0.15, 0.2) is 5.75 Å². The van der Waals surface area contributed by atoms with Crippen molar-refractivity contribution in [2.24, 2.45) is 0 Å². The van der Waals surface area contributed by atoms with E-state index >= 15 is 0 Å². The zero-order valence-corrected chi connectivity index (χ0v) is 17.9. The van der Waals surface area contributed by atoms with Crippen LogP contribution in [0, 0.1) is 0 Å². The Morgan fingerprint density at radius 1 is 1.23 bits per heavy atom. The number of hydrogen-bond donors (Lipinski definition) is 3. The Labute approximate surface area is 180 Å². The SMILES string of the molecule is CCCCCNC(=O)Oc1cc(Cc2ccccc2)c(O)c(Cc2cncs2)c1N. The number of ether oxygens (including phenoxy) is 1. The van der Waals surface area contributed by atoms with Crippen LogP contribution in [0.1, 0.15) is 47.8 Å². The van der Waals surface area contributed by atoms with Gasteiger partial charge in [-0.05, 0) is 18.1 Å². The van der Waals surface area contributed by atoms with Crippen LogP contribution < -0.4 is 15.8 Å². The average Bonchev–Trinajstić information content (AvgIpc) is 3.26. The van der Waals surface area contributed by atoms with Gasteiger partial charge in [-0.3, -0.25) is 4.98 Å². The topological polar surface area (TPSA) is 97.5 Å². The van der Waals surface area contributed by atoms with Gasteiger partial charge in [-0.1, -0.05) is 50.1 Å². The van der Waals surface area contributed by atoms with Crippen LogP contribution in [0.4, 0.5) is 10.5 Å². The predicted molar refractivity (Wildman–Crippen MR) is 120 cm³/mol. The maximum Gasteiger partial charge on any atom is 0.412 e. The molecule has 1 heterocycles. The van der Waals surface area contributed by atoms with E-state index in [1.165, 1.54) is 11.3 Å². The average molecular weight is 426 g/mol. The standard InChI is InChI=1S/C23H27N3O3S/c1-2-3-7-10-26-23(28)29-20-12-17(11-16-8-5-4-6-9-16)22(27)19(21(20)24)13-18-14-25-15-30-18/h4-6,8-9,12,14-15,27H,2-3,7,10-11,13,24H2,1H3,(H,26,28). The molecule has 0 saturated carbocycles. The third-order valence-electron chi connectivity index (χ3n) is 4.81. The number of nitrogens with two attached hydrogens (primary N) is 1. The van der Waals surface area contributed by atoms with Crippen molar-refractivity contribution in [3.05, 3.63) is 69.7 Å². The number of rotatable bonds is 9. The highest BCUT2D eigenvalue weighted by molar-refractivity contribution is 7.09. The Kier molecular flexibility index (Phi) is 7.68. The number of benzene rings is 2. The molecule has 7 heteroatoms. The Hall–Kier alpha value is -3.06. The smallest absolute Gasteiger partial charge is 0.412 e. The largest absolute Gasteiger partial charge is 0.507 e. The van der Waals surface area contributed by atoms with Crippen molar-refractivity contribution >= 4 is 23.1 Å². The van der Waals surface area contributed by atoms with Crippen LogP contribution in [-0.2, 0) is 12.8 Å². The molecule has 0 unspecified atom stereocenters. The summed E-state index contributed by atoms with van der Waals surface area (Å²) >= 11 is 1.48. The zero-order chi connectivity index (χ0) is 21.3. The monoisotopic (exact) mass is 425 g/mol. The molecule has 1 amide bonds. The number of aromatic hydroxyl groups is 1. The van der Waals surface area contributed by atoms with E-state index in [1.54, 1.807) is 17.8 Å². The first-order valence-corrected chi connectivity index (χ1v) is 11.0. The molecule has 0 aliphatic heterocycles. The number of phenols is 1. The van der Waals surface area contributed by atoms with Gasteiger partial charge >= 0.3 is 6.09 Å². The first-order valence-electron chi connectivity index (χ1n) is 10.1. The Morgan fingerprint density at radius 2 is 2.03 bits per heavy atom. The molecule has 0 aliphatic rings. The summed E-state index contributed by atoms with van der Waals surface area (Å²) in [5, 5.41) is 13.7. The van der Waals surface area contributed by atoms with Crippen LogP contribution in [0.5, 0.6) is 11.5 Å². The lowest BCUT2D eigenvalue weighted by Gasteiger charge is -2.17. The highest BCUT2D eigenvalue weighted by Gasteiger charge is 2.20. The number of nitrogens with one attached hydrogen (secondary N) is 1. The van der Waals surface area contributed by atoms with Crippen molar-refractivity contribution in [3.8, 4) is 11.5 Å². The number of nitrogen functional groups attached to an aromatic ring is 1. The molecular weight excluding hydrogens is 398 g/mol. The molecule has 0 saturated heterocycles. The van der Waals surface area contributed by atoms with Gasteiger partial charge in [-0.15, -0.1) is 11.3 Å². The summed E-state index contributed by atoms with van der Waals surface area (Å²) in [6, 6.07) is 11.5. The molecule has 30 heavy (non-hydrogen) atoms. The summed E-state index contributed by atoms with van der Waals surface area (Å²) in [5.74, 6) is 0.381. The van der Waals surface area contributed by atoms with Gasteiger partial charge in [0.2, 0.25) is 0 Å². The molecule has 0 spiro atoms. The number of unbranched alkanes of at least 4 members (excludes halogenated alkanes) is 2. The molecule has 0 radical (unpaired) electrons. The molecule has 3 aromatic rings. The first-order chi connectivity index (χ1) is 14.6. The molecular formula is C23H27N3O3S. The summed E-state index contributed by atoms with van der Waals surface area (Å²) < 4.78 is 5.52. The summed E-state index contributed by atoms with van der Waals surface area (Å²) in [7, 11) is 0. The van der Waals surface area contributed by atoms with Crippen molar-refractivity contribution < 1.29 is 14.6 Å². The zero-order valence-electron chi connectivity index (χ0n) is 17.1. The van der Waals surface area contributed by atoms with E-state index < -0.39 is 6.09 Å². The van der Waals surface area contributed by atoms with Crippen LogP contribution in [0.3, 0.4) is 0 Å². The minimum Gasteiger partial charge on any atom is -0.507 e. The van der Waals surface area contributed by atoms with Crippen molar-refractivity contribution in [3.63, 3.8) is 0 Å². The number of amides is 1. The van der Waals surface area contributed by atoms with Gasteiger partial charge in [0.25, 0.3) is 0 Å². The summed E-state index contributed by atoms with van der Waals surface area (Å²) in [6.45, 7) is 2.66. The van der Waals surface area contributed by atoms with E-state index in [4.69, 9.17) is 10.5 Å². The lowest BCUT2D eigenvalue weighted by atomic mass is 9.97. The van der Waals surface area contributed by atoms with E-state index in [0.717, 1.165) is 29.7 Å². The van der Waals surface area contributed by atoms with Gasteiger partial charge in [-0.2, -0.15) is 0 Å². The van der Waals surface area contributed by atoms with E-state index in [2.05, 4.69) is 17.2 Å². The number of aromatic nitrogens is 1. The number of hydrogen-bond acceptors (Lipinski definition) is 6. The van der Waals surface area contributed by atoms with E-state index in [9.17, 15) is 9.90 Å². The van der Waals surface area contributed by atoms with Crippen LogP contribution in [0.2, 0.25) is 0 Å². The number of carbonyl (C=O) groups excluding carboxylic acids is 1. The summed E-state index contributed by atoms with van der Waals surface area (Å²) in [4.78, 5) is 17.3. The maximum atomic E-state index is 12.3. The quantitative estimate of drug-likeness (QED) is 0.335. The van der Waals surface area contributed by atoms with Crippen molar-refractivity contribution in [1.82, 2.24) is 10.3 Å². The van der Waals surface area contributed by atoms with Gasteiger partial charge in [-0.25, -0.2) is 4.79 Å². The molecule has 6 nitrogen and oxygen atoms in total. The highest BCUT2D eigenvalue weighted by Crippen LogP contribution is 2.39. The summed E-state index contributed by atoms with van der Waals surface area (Å²) in [6.07, 6.45) is 5.13. The second kappa shape index (κ2) is 10.6. The summed E-state index contributed by atoms with van der Waals surface area (Å²) in [5.41, 5.74) is 10.5. The van der Waals surface area contributed by atoms with Crippen LogP contribution >= 0.6 is 11.3 Å². The normalized spacial score (nSPS) is 10.7. The molecule has 0 aliphatic carbocycles. The van der Waals surface area contributed by atoms with Crippen molar-refractivity contribution in [1.29, 1.82) is 0 Å². The third kappa shape index (κ3) is 5.73. The van der Waals surface area contributed by atoms with Crippen LogP contribution in [-0.4, -0.2) is 22.7 Å². The Balaban J connectivity index is 1.88. The van der Waals surface area contributed by atoms with Crippen LogP contribution in [0.15, 0.2) is 48.1 Å². The van der Waals surface area contributed by atoms with Crippen molar-refractivity contribution in [2.75, 3.05) is 12.3 Å². The highest BCUT2D eigenvalue weighted by atomic mass is 32.1. The maximum absolute atomic E-state index is 12.3. The second-order valence-electron chi connectivity index (χ2n) is 7.10. The molecule has 0 bridgehead atoms. The van der Waals surface area contributed by atoms with E-state index in [1.807, 2.05) is 30.3 Å². The third-order valence-corrected chi connectivity index (χ3v) is 5.59.